The molecule has 0 aliphatic rings. The Bertz CT molecular complexity index is 537. The third-order valence-electron chi connectivity index (χ3n) is 2.03. The normalized spacial score (nSPS) is 12.2. The van der Waals surface area contributed by atoms with Gasteiger partial charge in [-0.1, -0.05) is 12.1 Å². The molecule has 0 radical (unpaired) electrons. The molecule has 0 heterocycles. The Morgan fingerprint density at radius 3 is 2.11 bits per heavy atom. The van der Waals surface area contributed by atoms with Gasteiger partial charge in [-0.15, -0.1) is 0 Å². The minimum Gasteiger partial charge on any atom is -0.456 e. The smallest absolute Gasteiger partial charge is 0.338 e. The summed E-state index contributed by atoms with van der Waals surface area (Å²) in [6.45, 7) is 5.32. The van der Waals surface area contributed by atoms with Crippen LogP contribution in [0.1, 0.15) is 36.7 Å². The van der Waals surface area contributed by atoms with Crippen LogP contribution in [0.2, 0.25) is 0 Å². The molecule has 0 saturated heterocycles. The lowest BCUT2D eigenvalue weighted by Crippen LogP contribution is -2.23. The molecule has 0 spiro atoms. The summed E-state index contributed by atoms with van der Waals surface area (Å²) in [5.41, 5.74) is 0.533. The Morgan fingerprint density at radius 2 is 1.68 bits per heavy atom. The third-order valence-corrected chi connectivity index (χ3v) is 2.57. The van der Waals surface area contributed by atoms with Crippen LogP contribution in [0.3, 0.4) is 0 Å². The van der Waals surface area contributed by atoms with E-state index in [2.05, 4.69) is 4.18 Å². The van der Waals surface area contributed by atoms with Gasteiger partial charge in [0.15, 0.2) is 0 Å². The van der Waals surface area contributed by atoms with Gasteiger partial charge in [-0.2, -0.15) is 8.42 Å². The average molecular weight is 286 g/mol. The van der Waals surface area contributed by atoms with Gasteiger partial charge in [0.1, 0.15) is 5.60 Å². The van der Waals surface area contributed by atoms with Crippen molar-refractivity contribution in [3.8, 4) is 0 Å². The zero-order valence-electron chi connectivity index (χ0n) is 11.5. The number of carbonyl (C=O) groups is 1. The molecule has 0 aromatic heterocycles. The van der Waals surface area contributed by atoms with Crippen LogP contribution in [0.5, 0.6) is 0 Å². The number of esters is 1. The standard InChI is InChI=1S/C13H18O5S/c1-13(2,3)18-12(14)11-7-5-10(6-8-11)9-17-19(4,15)16/h5-8H,9H2,1-4H3. The van der Waals surface area contributed by atoms with Gasteiger partial charge >= 0.3 is 5.97 Å². The molecular formula is C13H18O5S. The number of carbonyl (C=O) groups excluding carboxylic acids is 1. The van der Waals surface area contributed by atoms with Crippen molar-refractivity contribution in [3.63, 3.8) is 0 Å². The first-order valence-corrected chi connectivity index (χ1v) is 7.55. The van der Waals surface area contributed by atoms with Crippen molar-refractivity contribution in [2.45, 2.75) is 33.0 Å². The maximum Gasteiger partial charge on any atom is 0.338 e. The Labute approximate surface area is 113 Å². The van der Waals surface area contributed by atoms with E-state index in [1.54, 1.807) is 45.0 Å². The van der Waals surface area contributed by atoms with Gasteiger partial charge in [0.2, 0.25) is 0 Å². The second-order valence-electron chi connectivity index (χ2n) is 5.17. The molecule has 1 rings (SSSR count). The lowest BCUT2D eigenvalue weighted by molar-refractivity contribution is 0.00694. The Kier molecular flexibility index (Phi) is 4.70. The minimum atomic E-state index is -3.46. The summed E-state index contributed by atoms with van der Waals surface area (Å²) in [5, 5.41) is 0. The van der Waals surface area contributed by atoms with Gasteiger partial charge in [-0.3, -0.25) is 4.18 Å². The van der Waals surface area contributed by atoms with Crippen molar-refractivity contribution in [3.05, 3.63) is 35.4 Å². The highest BCUT2D eigenvalue weighted by molar-refractivity contribution is 7.85. The Hall–Kier alpha value is -1.40. The molecule has 106 valence electrons. The first-order valence-electron chi connectivity index (χ1n) is 5.73. The highest BCUT2D eigenvalue weighted by Gasteiger charge is 2.17. The molecule has 0 atom stereocenters. The molecule has 0 unspecified atom stereocenters. The topological polar surface area (TPSA) is 69.7 Å². The third kappa shape index (κ3) is 6.35. The molecular weight excluding hydrogens is 268 g/mol. The van der Waals surface area contributed by atoms with E-state index in [1.807, 2.05) is 0 Å². The van der Waals surface area contributed by atoms with E-state index in [4.69, 9.17) is 4.74 Å². The van der Waals surface area contributed by atoms with Crippen LogP contribution < -0.4 is 0 Å². The van der Waals surface area contributed by atoms with E-state index < -0.39 is 21.7 Å². The van der Waals surface area contributed by atoms with Crippen molar-refractivity contribution in [2.24, 2.45) is 0 Å². The molecule has 19 heavy (non-hydrogen) atoms. The molecule has 0 saturated carbocycles. The van der Waals surface area contributed by atoms with E-state index in [9.17, 15) is 13.2 Å². The van der Waals surface area contributed by atoms with Crippen molar-refractivity contribution in [1.82, 2.24) is 0 Å². The Morgan fingerprint density at radius 1 is 1.16 bits per heavy atom. The van der Waals surface area contributed by atoms with Gasteiger partial charge in [0.25, 0.3) is 10.1 Å². The monoisotopic (exact) mass is 286 g/mol. The quantitative estimate of drug-likeness (QED) is 0.626. The number of hydrogen-bond donors (Lipinski definition) is 0. The van der Waals surface area contributed by atoms with Crippen molar-refractivity contribution < 1.29 is 22.1 Å². The van der Waals surface area contributed by atoms with Gasteiger partial charge < -0.3 is 4.74 Å². The first kappa shape index (κ1) is 15.7. The van der Waals surface area contributed by atoms with Crippen molar-refractivity contribution >= 4 is 16.1 Å². The molecule has 0 fully saturated rings. The summed E-state index contributed by atoms with van der Waals surface area (Å²) in [5.74, 6) is -0.414. The van der Waals surface area contributed by atoms with Crippen molar-refractivity contribution in [1.29, 1.82) is 0 Å². The predicted molar refractivity (Wildman–Crippen MR) is 71.2 cm³/mol. The van der Waals surface area contributed by atoms with Gasteiger partial charge in [-0.05, 0) is 38.5 Å². The molecule has 6 heteroatoms. The minimum absolute atomic E-state index is 0.0482. The highest BCUT2D eigenvalue weighted by atomic mass is 32.2. The summed E-state index contributed by atoms with van der Waals surface area (Å²) >= 11 is 0. The van der Waals surface area contributed by atoms with E-state index in [0.29, 0.717) is 11.1 Å². The van der Waals surface area contributed by atoms with E-state index in [-0.39, 0.29) is 6.61 Å². The number of rotatable bonds is 4. The first-order chi connectivity index (χ1) is 8.57. The summed E-state index contributed by atoms with van der Waals surface area (Å²) in [4.78, 5) is 11.7. The molecule has 0 bridgehead atoms. The summed E-state index contributed by atoms with van der Waals surface area (Å²) < 4.78 is 31.5. The van der Waals surface area contributed by atoms with Crippen molar-refractivity contribution in [2.75, 3.05) is 6.26 Å². The fourth-order valence-corrected chi connectivity index (χ4v) is 1.60. The average Bonchev–Trinajstić information content (AvgIpc) is 2.23. The van der Waals surface area contributed by atoms with Crippen LogP contribution in [-0.4, -0.2) is 26.2 Å². The van der Waals surface area contributed by atoms with Crippen LogP contribution in [0.25, 0.3) is 0 Å². The van der Waals surface area contributed by atoms with Crippen LogP contribution in [-0.2, 0) is 25.6 Å². The summed E-state index contributed by atoms with van der Waals surface area (Å²) in [7, 11) is -3.46. The maximum atomic E-state index is 11.7. The van der Waals surface area contributed by atoms with Crippen LogP contribution in [0, 0.1) is 0 Å². The largest absolute Gasteiger partial charge is 0.456 e. The molecule has 5 nitrogen and oxygen atoms in total. The van der Waals surface area contributed by atoms with Gasteiger partial charge in [0.05, 0.1) is 18.4 Å². The molecule has 1 aromatic rings. The van der Waals surface area contributed by atoms with E-state index >= 15 is 0 Å². The van der Waals surface area contributed by atoms with Crippen LogP contribution >= 0.6 is 0 Å². The van der Waals surface area contributed by atoms with Crippen LogP contribution in [0.4, 0.5) is 0 Å². The van der Waals surface area contributed by atoms with E-state index in [0.717, 1.165) is 6.26 Å². The number of hydrogen-bond acceptors (Lipinski definition) is 5. The molecule has 0 amide bonds. The second kappa shape index (κ2) is 5.71. The molecule has 0 aliphatic carbocycles. The molecule has 0 aliphatic heterocycles. The van der Waals surface area contributed by atoms with Gasteiger partial charge in [0, 0.05) is 0 Å². The number of benzene rings is 1. The second-order valence-corrected chi connectivity index (χ2v) is 6.81. The van der Waals surface area contributed by atoms with Gasteiger partial charge in [-0.25, -0.2) is 4.79 Å². The maximum absolute atomic E-state index is 11.7. The zero-order valence-corrected chi connectivity index (χ0v) is 12.3. The number of ether oxygens (including phenoxy) is 1. The fourth-order valence-electron chi connectivity index (χ4n) is 1.25. The van der Waals surface area contributed by atoms with E-state index in [1.165, 1.54) is 0 Å². The molecule has 0 N–H and O–H groups in total. The molecule has 1 aromatic carbocycles. The summed E-state index contributed by atoms with van der Waals surface area (Å²) in [6, 6.07) is 6.42. The zero-order chi connectivity index (χ0) is 14.7. The predicted octanol–water partition coefficient (Wildman–Crippen LogP) is 2.12. The Balaban J connectivity index is 2.69. The SMILES string of the molecule is CC(C)(C)OC(=O)c1ccc(COS(C)(=O)=O)cc1. The lowest BCUT2D eigenvalue weighted by atomic mass is 10.1. The fraction of sp³-hybridized carbons (Fsp3) is 0.462. The van der Waals surface area contributed by atoms with Crippen LogP contribution in [0.15, 0.2) is 24.3 Å². The lowest BCUT2D eigenvalue weighted by Gasteiger charge is -2.19. The summed E-state index contributed by atoms with van der Waals surface area (Å²) in [6.07, 6.45) is 0.988. The highest BCUT2D eigenvalue weighted by Crippen LogP contribution is 2.13.